The maximum absolute atomic E-state index is 12.9. The third-order valence-corrected chi connectivity index (χ3v) is 5.18. The van der Waals surface area contributed by atoms with E-state index in [1.165, 1.54) is 12.0 Å². The molecule has 6 heteroatoms. The van der Waals surface area contributed by atoms with Crippen molar-refractivity contribution in [2.24, 2.45) is 5.41 Å². The van der Waals surface area contributed by atoms with Crippen molar-refractivity contribution < 1.29 is 19.4 Å². The third kappa shape index (κ3) is 1.86. The fraction of sp³-hybridized carbons (Fsp3) is 0.500. The van der Waals surface area contributed by atoms with Crippen LogP contribution in [0.2, 0.25) is 0 Å². The summed E-state index contributed by atoms with van der Waals surface area (Å²) in [4.78, 5) is 27.8. The van der Waals surface area contributed by atoms with E-state index < -0.39 is 6.09 Å². The van der Waals surface area contributed by atoms with Gasteiger partial charge in [-0.05, 0) is 42.9 Å². The van der Waals surface area contributed by atoms with Crippen LogP contribution in [0.4, 0.5) is 10.5 Å². The molecule has 1 aromatic rings. The number of methoxy groups -OCH3 is 1. The molecule has 1 N–H and O–H groups in total. The second-order valence-electron chi connectivity index (χ2n) is 6.57. The normalized spacial score (nSPS) is 24.8. The SMILES string of the molecule is COc1ccc2c(c1)C(=O)N1CC3(CC3)CC1CN2C(=O)O. The van der Waals surface area contributed by atoms with E-state index in [2.05, 4.69) is 0 Å². The molecule has 0 aromatic heterocycles. The molecule has 0 radical (unpaired) electrons. The van der Waals surface area contributed by atoms with Crippen LogP contribution in [0.1, 0.15) is 29.6 Å². The summed E-state index contributed by atoms with van der Waals surface area (Å²) in [5.74, 6) is 0.489. The minimum Gasteiger partial charge on any atom is -0.497 e. The molecule has 1 aromatic carbocycles. The average Bonchev–Trinajstić information content (AvgIpc) is 3.18. The summed E-state index contributed by atoms with van der Waals surface area (Å²) in [7, 11) is 1.54. The van der Waals surface area contributed by atoms with Gasteiger partial charge in [0.25, 0.3) is 5.91 Å². The highest BCUT2D eigenvalue weighted by molar-refractivity contribution is 6.05. The van der Waals surface area contributed by atoms with Crippen LogP contribution in [0.25, 0.3) is 0 Å². The van der Waals surface area contributed by atoms with Gasteiger partial charge in [-0.25, -0.2) is 4.79 Å². The summed E-state index contributed by atoms with van der Waals surface area (Å²) in [6.45, 7) is 1.10. The van der Waals surface area contributed by atoms with Crippen molar-refractivity contribution >= 4 is 17.7 Å². The molecule has 1 saturated carbocycles. The fourth-order valence-electron chi connectivity index (χ4n) is 3.80. The molecule has 1 unspecified atom stereocenters. The van der Waals surface area contributed by atoms with E-state index in [0.717, 1.165) is 25.8 Å². The molecular weight excluding hydrogens is 284 g/mol. The Morgan fingerprint density at radius 2 is 2.18 bits per heavy atom. The highest BCUT2D eigenvalue weighted by Crippen LogP contribution is 2.55. The number of fused-ring (bicyclic) bond motifs is 2. The highest BCUT2D eigenvalue weighted by atomic mass is 16.5. The first-order chi connectivity index (χ1) is 10.5. The maximum Gasteiger partial charge on any atom is 0.411 e. The monoisotopic (exact) mass is 302 g/mol. The van der Waals surface area contributed by atoms with Gasteiger partial charge in [-0.1, -0.05) is 0 Å². The Balaban J connectivity index is 1.81. The van der Waals surface area contributed by atoms with Crippen LogP contribution in [0.5, 0.6) is 5.75 Å². The molecule has 1 saturated heterocycles. The van der Waals surface area contributed by atoms with Crippen LogP contribution < -0.4 is 9.64 Å². The van der Waals surface area contributed by atoms with Gasteiger partial charge in [0.2, 0.25) is 0 Å². The summed E-state index contributed by atoms with van der Waals surface area (Å²) in [6, 6.07) is 4.98. The number of rotatable bonds is 1. The first-order valence-electron chi connectivity index (χ1n) is 7.52. The number of nitrogens with zero attached hydrogens (tertiary/aromatic N) is 2. The van der Waals surface area contributed by atoms with E-state index in [-0.39, 0.29) is 17.4 Å². The molecule has 0 bridgehead atoms. The number of carbonyl (C=O) groups is 2. The zero-order valence-corrected chi connectivity index (χ0v) is 12.4. The molecule has 3 aliphatic rings. The number of ether oxygens (including phenoxy) is 1. The lowest BCUT2D eigenvalue weighted by Gasteiger charge is -2.24. The van der Waals surface area contributed by atoms with Gasteiger partial charge in [-0.3, -0.25) is 9.69 Å². The van der Waals surface area contributed by atoms with Gasteiger partial charge >= 0.3 is 6.09 Å². The van der Waals surface area contributed by atoms with Crippen molar-refractivity contribution in [1.82, 2.24) is 4.90 Å². The topological polar surface area (TPSA) is 70.1 Å². The lowest BCUT2D eigenvalue weighted by molar-refractivity contribution is 0.0741. The number of anilines is 1. The second kappa shape index (κ2) is 4.38. The lowest BCUT2D eigenvalue weighted by Crippen LogP contribution is -2.41. The molecule has 2 aliphatic heterocycles. The van der Waals surface area contributed by atoms with Crippen molar-refractivity contribution in [3.05, 3.63) is 23.8 Å². The molecule has 1 spiro atoms. The van der Waals surface area contributed by atoms with Crippen LogP contribution in [0.15, 0.2) is 18.2 Å². The predicted octanol–water partition coefficient (Wildman–Crippen LogP) is 2.19. The molecule has 6 nitrogen and oxygen atoms in total. The van der Waals surface area contributed by atoms with Gasteiger partial charge in [0.05, 0.1) is 24.4 Å². The van der Waals surface area contributed by atoms with E-state index >= 15 is 0 Å². The third-order valence-electron chi connectivity index (χ3n) is 5.18. The largest absolute Gasteiger partial charge is 0.497 e. The fourth-order valence-corrected chi connectivity index (χ4v) is 3.80. The zero-order chi connectivity index (χ0) is 15.5. The Hall–Kier alpha value is -2.24. The Labute approximate surface area is 128 Å². The summed E-state index contributed by atoms with van der Waals surface area (Å²) in [6.07, 6.45) is 2.18. The van der Waals surface area contributed by atoms with E-state index in [9.17, 15) is 14.7 Å². The summed E-state index contributed by atoms with van der Waals surface area (Å²) in [5.41, 5.74) is 1.13. The van der Waals surface area contributed by atoms with Gasteiger partial charge in [0.15, 0.2) is 0 Å². The van der Waals surface area contributed by atoms with Crippen LogP contribution >= 0.6 is 0 Å². The molecule has 22 heavy (non-hydrogen) atoms. The van der Waals surface area contributed by atoms with Gasteiger partial charge < -0.3 is 14.7 Å². The molecule has 2 amide bonds. The van der Waals surface area contributed by atoms with Gasteiger partial charge in [0, 0.05) is 13.1 Å². The van der Waals surface area contributed by atoms with Crippen molar-refractivity contribution in [2.45, 2.75) is 25.3 Å². The maximum atomic E-state index is 12.9. The van der Waals surface area contributed by atoms with Crippen molar-refractivity contribution in [3.8, 4) is 5.75 Å². The number of carbonyl (C=O) groups excluding carboxylic acids is 1. The smallest absolute Gasteiger partial charge is 0.411 e. The van der Waals surface area contributed by atoms with Gasteiger partial charge in [-0.15, -0.1) is 0 Å². The van der Waals surface area contributed by atoms with Crippen LogP contribution in [-0.4, -0.2) is 48.2 Å². The Kier molecular flexibility index (Phi) is 2.67. The van der Waals surface area contributed by atoms with Crippen LogP contribution in [-0.2, 0) is 0 Å². The molecule has 1 aliphatic carbocycles. The first-order valence-corrected chi connectivity index (χ1v) is 7.52. The lowest BCUT2D eigenvalue weighted by atomic mass is 10.0. The molecule has 116 valence electrons. The second-order valence-corrected chi connectivity index (χ2v) is 6.57. The summed E-state index contributed by atoms with van der Waals surface area (Å²) < 4.78 is 5.19. The standard InChI is InChI=1S/C16H18N2O4/c1-22-11-2-3-13-12(6-11)14(19)18-9-16(4-5-16)7-10(18)8-17(13)15(20)21/h2-3,6,10H,4-5,7-9H2,1H3,(H,20,21). The predicted molar refractivity (Wildman–Crippen MR) is 79.5 cm³/mol. The molecule has 2 fully saturated rings. The highest BCUT2D eigenvalue weighted by Gasteiger charge is 2.54. The number of amides is 2. The Morgan fingerprint density at radius 3 is 2.82 bits per heavy atom. The summed E-state index contributed by atoms with van der Waals surface area (Å²) >= 11 is 0. The van der Waals surface area contributed by atoms with E-state index in [1.54, 1.807) is 18.2 Å². The van der Waals surface area contributed by atoms with Crippen molar-refractivity contribution in [1.29, 1.82) is 0 Å². The number of hydrogen-bond acceptors (Lipinski definition) is 3. The van der Waals surface area contributed by atoms with E-state index in [0.29, 0.717) is 23.5 Å². The van der Waals surface area contributed by atoms with Crippen LogP contribution in [0.3, 0.4) is 0 Å². The number of hydrogen-bond donors (Lipinski definition) is 1. The minimum absolute atomic E-state index is 0.0236. The molecule has 2 heterocycles. The Morgan fingerprint density at radius 1 is 1.41 bits per heavy atom. The summed E-state index contributed by atoms with van der Waals surface area (Å²) in [5, 5.41) is 9.55. The van der Waals surface area contributed by atoms with Crippen molar-refractivity contribution in [3.63, 3.8) is 0 Å². The zero-order valence-electron chi connectivity index (χ0n) is 12.4. The van der Waals surface area contributed by atoms with Crippen molar-refractivity contribution in [2.75, 3.05) is 25.1 Å². The number of carboxylic acid groups (broad SMARTS) is 1. The minimum atomic E-state index is -1.02. The number of benzene rings is 1. The first kappa shape index (κ1) is 13.4. The van der Waals surface area contributed by atoms with Gasteiger partial charge in [0.1, 0.15) is 5.75 Å². The molecular formula is C16H18N2O4. The quantitative estimate of drug-likeness (QED) is 0.863. The molecule has 4 rings (SSSR count). The van der Waals surface area contributed by atoms with E-state index in [1.807, 2.05) is 4.90 Å². The van der Waals surface area contributed by atoms with Crippen LogP contribution in [0, 0.1) is 5.41 Å². The molecule has 1 atom stereocenters. The average molecular weight is 302 g/mol. The van der Waals surface area contributed by atoms with Gasteiger partial charge in [-0.2, -0.15) is 0 Å². The van der Waals surface area contributed by atoms with E-state index in [4.69, 9.17) is 4.74 Å². The Bertz CT molecular complexity index is 668.